The van der Waals surface area contributed by atoms with E-state index in [0.717, 1.165) is 4.47 Å². The smallest absolute Gasteiger partial charge is 0.194 e. The molecule has 1 aliphatic heterocycles. The van der Waals surface area contributed by atoms with E-state index in [1.54, 1.807) is 19.1 Å². The number of hydrogen-bond donors (Lipinski definition) is 3. The summed E-state index contributed by atoms with van der Waals surface area (Å²) in [4.78, 5) is 38.9. The highest BCUT2D eigenvalue weighted by molar-refractivity contribution is 9.10. The van der Waals surface area contributed by atoms with E-state index < -0.39 is 28.5 Å². The fraction of sp³-hybridized carbons (Fsp3) is 0.208. The van der Waals surface area contributed by atoms with Crippen LogP contribution in [0, 0.1) is 6.92 Å². The number of phenols is 2. The molecule has 1 heterocycles. The van der Waals surface area contributed by atoms with Crippen molar-refractivity contribution in [1.82, 2.24) is 0 Å². The van der Waals surface area contributed by atoms with Crippen LogP contribution in [0.3, 0.4) is 0 Å². The van der Waals surface area contributed by atoms with Crippen LogP contribution < -0.4 is 10.1 Å². The average Bonchev–Trinajstić information content (AvgIpc) is 2.99. The lowest BCUT2D eigenvalue weighted by molar-refractivity contribution is -0.123. The first-order valence-corrected chi connectivity index (χ1v) is 10.6. The second-order valence-corrected chi connectivity index (χ2v) is 8.94. The van der Waals surface area contributed by atoms with Gasteiger partial charge >= 0.3 is 0 Å². The van der Waals surface area contributed by atoms with E-state index in [4.69, 9.17) is 4.74 Å². The van der Waals surface area contributed by atoms with Gasteiger partial charge in [0.25, 0.3) is 0 Å². The lowest BCUT2D eigenvalue weighted by atomic mass is 9.70. The average molecular weight is 498 g/mol. The summed E-state index contributed by atoms with van der Waals surface area (Å²) in [5.74, 6) is -2.50. The van der Waals surface area contributed by atoms with Crippen LogP contribution in [-0.4, -0.2) is 27.6 Å². The number of Topliss-reactive ketones (excluding diaryl/α,β-unsaturated/α-hetero) is 2. The first-order chi connectivity index (χ1) is 15.0. The molecule has 0 bridgehead atoms. The Labute approximate surface area is 192 Å². The van der Waals surface area contributed by atoms with E-state index in [-0.39, 0.29) is 39.5 Å². The highest BCUT2D eigenvalue weighted by Gasteiger charge is 2.56. The molecule has 2 aromatic carbocycles. The Bertz CT molecular complexity index is 1310. The zero-order valence-corrected chi connectivity index (χ0v) is 19.4. The number of carbonyl (C=O) groups is 3. The number of hydrogen-bond acceptors (Lipinski definition) is 7. The van der Waals surface area contributed by atoms with Crippen LogP contribution >= 0.6 is 15.9 Å². The Morgan fingerprint density at radius 2 is 1.84 bits per heavy atom. The van der Waals surface area contributed by atoms with E-state index in [2.05, 4.69) is 21.2 Å². The highest BCUT2D eigenvalue weighted by atomic mass is 79.9. The van der Waals surface area contributed by atoms with Gasteiger partial charge < -0.3 is 20.3 Å². The molecule has 4 rings (SSSR count). The second kappa shape index (κ2) is 7.34. The normalized spacial score (nSPS) is 20.8. The van der Waals surface area contributed by atoms with E-state index >= 15 is 0 Å². The zero-order valence-electron chi connectivity index (χ0n) is 17.8. The fourth-order valence-electron chi connectivity index (χ4n) is 4.21. The van der Waals surface area contributed by atoms with Crippen molar-refractivity contribution >= 4 is 39.0 Å². The summed E-state index contributed by atoms with van der Waals surface area (Å²) in [7, 11) is 0. The first-order valence-electron chi connectivity index (χ1n) is 9.81. The lowest BCUT2D eigenvalue weighted by Gasteiger charge is -2.29. The molecule has 0 fully saturated rings. The highest BCUT2D eigenvalue weighted by Crippen LogP contribution is 2.57. The van der Waals surface area contributed by atoms with Crippen molar-refractivity contribution in [3.8, 4) is 17.2 Å². The standard InChI is InChI=1S/C24H20BrNO6/c1-10-20(29)18(12(3)27)22-19(21(10)30)24(4)16(32-22)9-15(28)17(23(24)31)11(2)26-14-7-5-6-13(25)8-14/h5-9,26,29-30H,1-4H3/b17-11+/t24-/m0/s1. The molecule has 1 atom stereocenters. The molecule has 2 aromatic rings. The minimum Gasteiger partial charge on any atom is -0.507 e. The summed E-state index contributed by atoms with van der Waals surface area (Å²) < 4.78 is 6.58. The monoisotopic (exact) mass is 497 g/mol. The number of phenolic OH excluding ortho intramolecular Hbond substituents is 2. The predicted octanol–water partition coefficient (Wildman–Crippen LogP) is 4.44. The number of rotatable bonds is 3. The number of ether oxygens (including phenoxy) is 1. The number of ketones is 3. The topological polar surface area (TPSA) is 113 Å². The van der Waals surface area contributed by atoms with Crippen LogP contribution in [-0.2, 0) is 15.0 Å². The molecule has 0 radical (unpaired) electrons. The summed E-state index contributed by atoms with van der Waals surface area (Å²) in [6, 6.07) is 7.25. The third-order valence-electron chi connectivity index (χ3n) is 5.92. The van der Waals surface area contributed by atoms with Crippen molar-refractivity contribution in [2.45, 2.75) is 33.1 Å². The molecule has 3 N–H and O–H groups in total. The molecule has 1 aliphatic carbocycles. The SMILES string of the molecule is CC(=O)c1c(O)c(C)c(O)c2c1OC1=CC(=O)/C(=C(/C)Nc3cccc(Br)c3)C(=O)[C@@]12C. The van der Waals surface area contributed by atoms with Crippen LogP contribution in [0.5, 0.6) is 17.2 Å². The molecule has 0 saturated heterocycles. The number of fused-ring (bicyclic) bond motifs is 3. The fourth-order valence-corrected chi connectivity index (χ4v) is 4.61. The molecule has 0 saturated carbocycles. The summed E-state index contributed by atoms with van der Waals surface area (Å²) in [5.41, 5.74) is -0.622. The van der Waals surface area contributed by atoms with E-state index in [1.807, 2.05) is 12.1 Å². The quantitative estimate of drug-likeness (QED) is 0.326. The van der Waals surface area contributed by atoms with Gasteiger partial charge in [-0.1, -0.05) is 22.0 Å². The molecule has 0 spiro atoms. The van der Waals surface area contributed by atoms with Crippen LogP contribution in [0.2, 0.25) is 0 Å². The Kier molecular flexibility index (Phi) is 5.01. The van der Waals surface area contributed by atoms with Crippen molar-refractivity contribution in [2.75, 3.05) is 5.32 Å². The molecule has 2 aliphatic rings. The van der Waals surface area contributed by atoms with Crippen molar-refractivity contribution in [3.63, 3.8) is 0 Å². The largest absolute Gasteiger partial charge is 0.507 e. The maximum atomic E-state index is 13.7. The lowest BCUT2D eigenvalue weighted by Crippen LogP contribution is -2.40. The third kappa shape index (κ3) is 2.97. The number of allylic oxidation sites excluding steroid dienone is 4. The van der Waals surface area contributed by atoms with Crippen LogP contribution in [0.25, 0.3) is 0 Å². The molecule has 0 amide bonds. The number of aromatic hydroxyl groups is 2. The first kappa shape index (κ1) is 21.8. The molecular weight excluding hydrogens is 478 g/mol. The Balaban J connectivity index is 1.92. The van der Waals surface area contributed by atoms with Crippen LogP contribution in [0.15, 0.2) is 51.8 Å². The van der Waals surface area contributed by atoms with Crippen molar-refractivity contribution in [1.29, 1.82) is 0 Å². The maximum Gasteiger partial charge on any atom is 0.194 e. The van der Waals surface area contributed by atoms with E-state index in [1.165, 1.54) is 26.8 Å². The Hall–Kier alpha value is -3.39. The zero-order chi connectivity index (χ0) is 23.5. The Morgan fingerprint density at radius 1 is 1.16 bits per heavy atom. The summed E-state index contributed by atoms with van der Waals surface area (Å²) in [6.45, 7) is 5.84. The second-order valence-electron chi connectivity index (χ2n) is 8.02. The van der Waals surface area contributed by atoms with Crippen LogP contribution in [0.4, 0.5) is 5.69 Å². The van der Waals surface area contributed by atoms with Crippen LogP contribution in [0.1, 0.15) is 42.3 Å². The van der Waals surface area contributed by atoms with Gasteiger partial charge in [0.2, 0.25) is 0 Å². The third-order valence-corrected chi connectivity index (χ3v) is 6.41. The van der Waals surface area contributed by atoms with Gasteiger partial charge in [0, 0.05) is 27.5 Å². The minimum absolute atomic E-state index is 0.00399. The summed E-state index contributed by atoms with van der Waals surface area (Å²) in [6.07, 6.45) is 1.19. The number of carbonyl (C=O) groups excluding carboxylic acids is 3. The summed E-state index contributed by atoms with van der Waals surface area (Å²) >= 11 is 3.38. The number of benzene rings is 2. The van der Waals surface area contributed by atoms with Crippen molar-refractivity contribution in [3.05, 3.63) is 68.5 Å². The van der Waals surface area contributed by atoms with Gasteiger partial charge in [-0.3, -0.25) is 14.4 Å². The number of nitrogens with one attached hydrogen (secondary N) is 1. The number of halogens is 1. The van der Waals surface area contributed by atoms with Gasteiger partial charge in [0.15, 0.2) is 17.3 Å². The maximum absolute atomic E-state index is 13.7. The molecule has 7 nitrogen and oxygen atoms in total. The number of anilines is 1. The van der Waals surface area contributed by atoms with E-state index in [0.29, 0.717) is 11.4 Å². The molecule has 0 aromatic heterocycles. The van der Waals surface area contributed by atoms with Gasteiger partial charge in [0.05, 0.1) is 11.1 Å². The van der Waals surface area contributed by atoms with Crippen molar-refractivity contribution in [2.24, 2.45) is 0 Å². The predicted molar refractivity (Wildman–Crippen MR) is 121 cm³/mol. The molecular formula is C24H20BrNO6. The van der Waals surface area contributed by atoms with Gasteiger partial charge in [-0.15, -0.1) is 0 Å². The molecule has 8 heteroatoms. The molecule has 32 heavy (non-hydrogen) atoms. The molecule has 0 unspecified atom stereocenters. The van der Waals surface area contributed by atoms with Gasteiger partial charge in [0.1, 0.15) is 34.0 Å². The summed E-state index contributed by atoms with van der Waals surface area (Å²) in [5, 5.41) is 24.3. The van der Waals surface area contributed by atoms with Gasteiger partial charge in [-0.05, 0) is 45.9 Å². The van der Waals surface area contributed by atoms with Gasteiger partial charge in [-0.25, -0.2) is 0 Å². The van der Waals surface area contributed by atoms with Crippen molar-refractivity contribution < 1.29 is 29.3 Å². The van der Waals surface area contributed by atoms with E-state index in [9.17, 15) is 24.6 Å². The minimum atomic E-state index is -1.54. The Morgan fingerprint density at radius 3 is 2.47 bits per heavy atom. The van der Waals surface area contributed by atoms with Gasteiger partial charge in [-0.2, -0.15) is 0 Å². The molecule has 164 valence electrons.